The Hall–Kier alpha value is -3.37. The molecule has 1 aliphatic heterocycles. The van der Waals surface area contributed by atoms with E-state index in [-0.39, 0.29) is 36.0 Å². The van der Waals surface area contributed by atoms with Gasteiger partial charge in [0.15, 0.2) is 0 Å². The van der Waals surface area contributed by atoms with Gasteiger partial charge in [0.2, 0.25) is 23.6 Å². The topological polar surface area (TPSA) is 140 Å². The molecule has 0 bridgehead atoms. The molecule has 0 spiro atoms. The zero-order valence-corrected chi connectivity index (χ0v) is 20.2. The Balaban J connectivity index is 1.58. The first-order chi connectivity index (χ1) is 16.8. The van der Waals surface area contributed by atoms with Crippen molar-refractivity contribution in [3.63, 3.8) is 0 Å². The van der Waals surface area contributed by atoms with Gasteiger partial charge in [-0.25, -0.2) is 4.79 Å². The van der Waals surface area contributed by atoms with Crippen LogP contribution in [0.2, 0.25) is 0 Å². The summed E-state index contributed by atoms with van der Waals surface area (Å²) in [5.41, 5.74) is -1.32. The van der Waals surface area contributed by atoms with Crippen LogP contribution in [0.1, 0.15) is 38.5 Å². The number of aliphatic carboxylic acids is 1. The van der Waals surface area contributed by atoms with Gasteiger partial charge in [0.05, 0.1) is 32.1 Å². The van der Waals surface area contributed by atoms with Crippen molar-refractivity contribution in [2.45, 2.75) is 50.2 Å². The Morgan fingerprint density at radius 3 is 2.60 bits per heavy atom. The molecule has 35 heavy (non-hydrogen) atoms. The molecule has 5 unspecified atom stereocenters. The lowest BCUT2D eigenvalue weighted by Gasteiger charge is -2.26. The molecule has 4 rings (SSSR count). The molecule has 0 aromatic carbocycles. The fraction of sp³-hybridized carbons (Fsp3) is 0.625. The molecule has 2 fully saturated rings. The molecule has 0 saturated heterocycles. The van der Waals surface area contributed by atoms with E-state index in [1.807, 2.05) is 12.2 Å². The van der Waals surface area contributed by atoms with Crippen LogP contribution in [0.4, 0.5) is 0 Å². The van der Waals surface area contributed by atoms with Gasteiger partial charge >= 0.3 is 12.0 Å². The molecule has 2 heterocycles. The highest BCUT2D eigenvalue weighted by Gasteiger charge is 2.61. The molecule has 3 aliphatic rings. The smallest absolute Gasteiger partial charge is 0.330 e. The number of carbonyl (C=O) groups excluding carboxylic acids is 2. The lowest BCUT2D eigenvalue weighted by atomic mass is 9.93. The van der Waals surface area contributed by atoms with E-state index >= 15 is 0 Å². The van der Waals surface area contributed by atoms with Crippen LogP contribution in [0.5, 0.6) is 17.8 Å². The number of nitrogens with one attached hydrogen (secondary N) is 1. The second kappa shape index (κ2) is 10.1. The van der Waals surface area contributed by atoms with E-state index in [2.05, 4.69) is 15.3 Å². The summed E-state index contributed by atoms with van der Waals surface area (Å²) in [5.74, 6) is -2.76. The van der Waals surface area contributed by atoms with Gasteiger partial charge in [-0.2, -0.15) is 9.97 Å². The van der Waals surface area contributed by atoms with Gasteiger partial charge in [0.1, 0.15) is 11.6 Å². The molecule has 2 aliphatic carbocycles. The quantitative estimate of drug-likeness (QED) is 0.589. The van der Waals surface area contributed by atoms with Crippen LogP contribution in [-0.2, 0) is 14.4 Å². The summed E-state index contributed by atoms with van der Waals surface area (Å²) in [7, 11) is 4.62. The molecule has 5 atom stereocenters. The monoisotopic (exact) mass is 488 g/mol. The lowest BCUT2D eigenvalue weighted by molar-refractivity contribution is -0.145. The zero-order chi connectivity index (χ0) is 25.2. The summed E-state index contributed by atoms with van der Waals surface area (Å²) in [5, 5.41) is 12.6. The number of allylic oxidation sites excluding steroid dienone is 1. The van der Waals surface area contributed by atoms with Crippen molar-refractivity contribution in [1.82, 2.24) is 20.2 Å². The third-order valence-electron chi connectivity index (χ3n) is 7.11. The Labute approximate surface area is 203 Å². The molecule has 2 amide bonds. The van der Waals surface area contributed by atoms with E-state index in [1.54, 1.807) is 11.9 Å². The van der Waals surface area contributed by atoms with Gasteiger partial charge in [-0.05, 0) is 38.5 Å². The summed E-state index contributed by atoms with van der Waals surface area (Å²) < 4.78 is 16.3. The third-order valence-corrected chi connectivity index (χ3v) is 7.11. The predicted octanol–water partition coefficient (Wildman–Crippen LogP) is 1.43. The number of rotatable bonds is 5. The van der Waals surface area contributed by atoms with Crippen molar-refractivity contribution >= 4 is 17.8 Å². The average Bonchev–Trinajstić information content (AvgIpc) is 3.38. The Kier molecular flexibility index (Phi) is 7.13. The second-order valence-corrected chi connectivity index (χ2v) is 9.42. The number of carbonyl (C=O) groups is 3. The van der Waals surface area contributed by atoms with Crippen molar-refractivity contribution in [2.75, 3.05) is 27.8 Å². The van der Waals surface area contributed by atoms with E-state index in [4.69, 9.17) is 14.2 Å². The summed E-state index contributed by atoms with van der Waals surface area (Å²) in [4.78, 5) is 48.7. The first kappa shape index (κ1) is 24.7. The lowest BCUT2D eigenvalue weighted by Crippen LogP contribution is -2.49. The molecule has 2 saturated carbocycles. The highest BCUT2D eigenvalue weighted by molar-refractivity contribution is 5.94. The summed E-state index contributed by atoms with van der Waals surface area (Å²) in [6.45, 7) is 0.589. The number of aromatic nitrogens is 2. The third kappa shape index (κ3) is 5.18. The normalized spacial score (nSPS) is 31.0. The summed E-state index contributed by atoms with van der Waals surface area (Å²) in [6, 6.07) is 1.58. The predicted molar refractivity (Wildman–Crippen MR) is 123 cm³/mol. The van der Waals surface area contributed by atoms with Crippen LogP contribution >= 0.6 is 0 Å². The molecule has 190 valence electrons. The average molecular weight is 489 g/mol. The maximum atomic E-state index is 13.4. The highest BCUT2D eigenvalue weighted by atomic mass is 16.5. The molecule has 1 aromatic heterocycles. The molecular weight excluding hydrogens is 456 g/mol. The largest absolute Gasteiger partial charge is 0.481 e. The minimum Gasteiger partial charge on any atom is -0.481 e. The van der Waals surface area contributed by atoms with Gasteiger partial charge in [-0.15, -0.1) is 0 Å². The Morgan fingerprint density at radius 2 is 1.89 bits per heavy atom. The van der Waals surface area contributed by atoms with Crippen LogP contribution in [0, 0.1) is 17.8 Å². The molecule has 11 nitrogen and oxygen atoms in total. The number of hydrogen-bond donors (Lipinski definition) is 2. The molecule has 11 heteroatoms. The number of ether oxygens (including phenoxy) is 3. The van der Waals surface area contributed by atoms with E-state index < -0.39 is 35.4 Å². The van der Waals surface area contributed by atoms with Crippen LogP contribution in [-0.4, -0.2) is 77.2 Å². The van der Waals surface area contributed by atoms with Gasteiger partial charge in [-0.3, -0.25) is 9.59 Å². The maximum Gasteiger partial charge on any atom is 0.330 e. The zero-order valence-electron chi connectivity index (χ0n) is 20.2. The summed E-state index contributed by atoms with van der Waals surface area (Å²) >= 11 is 0. The number of carboxylic acids is 1. The van der Waals surface area contributed by atoms with Crippen LogP contribution in [0.3, 0.4) is 0 Å². The van der Waals surface area contributed by atoms with Crippen LogP contribution in [0.15, 0.2) is 18.2 Å². The van der Waals surface area contributed by atoms with E-state index in [9.17, 15) is 19.5 Å². The fourth-order valence-corrected chi connectivity index (χ4v) is 5.00. The van der Waals surface area contributed by atoms with Gasteiger partial charge in [-0.1, -0.05) is 12.2 Å². The second-order valence-electron chi connectivity index (χ2n) is 9.42. The Morgan fingerprint density at radius 1 is 1.14 bits per heavy atom. The molecule has 2 N–H and O–H groups in total. The van der Waals surface area contributed by atoms with Crippen molar-refractivity contribution in [3.8, 4) is 17.8 Å². The van der Waals surface area contributed by atoms with Crippen molar-refractivity contribution < 1.29 is 33.7 Å². The van der Waals surface area contributed by atoms with Crippen molar-refractivity contribution in [3.05, 3.63) is 18.2 Å². The number of fused-ring (bicyclic) bond motifs is 2. The van der Waals surface area contributed by atoms with Gasteiger partial charge < -0.3 is 29.5 Å². The standard InChI is InChI=1S/C24H32N4O7/c1-28-9-7-5-4-6-8-14-13-24(14,22(31)32)27-20(29)16-10-15(11-17(16)21(28)30)35-19-12-18(33-2)25-23(26-19)34-3/h6,8,12,14-17H,4-5,7,9-11,13H2,1-3H3,(H,27,29)(H,31,32). The number of hydrogen-bond acceptors (Lipinski definition) is 8. The van der Waals surface area contributed by atoms with Crippen LogP contribution < -0.4 is 19.5 Å². The molecule has 1 aromatic rings. The van der Waals surface area contributed by atoms with Gasteiger partial charge in [0, 0.05) is 19.5 Å². The highest BCUT2D eigenvalue weighted by Crippen LogP contribution is 2.46. The Bertz CT molecular complexity index is 993. The first-order valence-electron chi connectivity index (χ1n) is 11.9. The van der Waals surface area contributed by atoms with Crippen LogP contribution in [0.25, 0.3) is 0 Å². The maximum absolute atomic E-state index is 13.4. The summed E-state index contributed by atoms with van der Waals surface area (Å²) in [6.07, 6.45) is 6.80. The van der Waals surface area contributed by atoms with E-state index in [1.165, 1.54) is 20.3 Å². The minimum absolute atomic E-state index is 0.0701. The van der Waals surface area contributed by atoms with E-state index in [0.29, 0.717) is 19.4 Å². The van der Waals surface area contributed by atoms with Crippen molar-refractivity contribution in [1.29, 1.82) is 0 Å². The minimum atomic E-state index is -1.32. The van der Waals surface area contributed by atoms with Gasteiger partial charge in [0.25, 0.3) is 0 Å². The number of nitrogens with zero attached hydrogens (tertiary/aromatic N) is 3. The SMILES string of the molecule is COc1cc(OC2CC3C(=O)NC4(C(=O)O)CC4C=CCCCCN(C)C(=O)C3C2)nc(OC)n1. The fourth-order valence-electron chi connectivity index (χ4n) is 5.00. The number of methoxy groups -OCH3 is 2. The van der Waals surface area contributed by atoms with Crippen molar-refractivity contribution in [2.24, 2.45) is 17.8 Å². The first-order valence-corrected chi connectivity index (χ1v) is 11.9. The number of carboxylic acid groups (broad SMARTS) is 1. The number of amides is 2. The molecular formula is C24H32N4O7. The van der Waals surface area contributed by atoms with E-state index in [0.717, 1.165) is 19.3 Å². The molecule has 0 radical (unpaired) electrons.